The molecule has 128 valence electrons. The van der Waals surface area contributed by atoms with Gasteiger partial charge in [0.15, 0.2) is 0 Å². The molecule has 0 aromatic heterocycles. The molecule has 1 aliphatic carbocycles. The monoisotopic (exact) mass is 330 g/mol. The Morgan fingerprint density at radius 3 is 2.38 bits per heavy atom. The molecule has 1 saturated carbocycles. The molecule has 1 aliphatic heterocycles. The first kappa shape index (κ1) is 16.5. The molecule has 6 nitrogen and oxygen atoms in total. The summed E-state index contributed by atoms with van der Waals surface area (Å²) in [7, 11) is 0. The molecule has 1 heterocycles. The average Bonchev–Trinajstić information content (AvgIpc) is 2.83. The summed E-state index contributed by atoms with van der Waals surface area (Å²) in [5.41, 5.74) is 0. The minimum atomic E-state index is -0.703. The lowest BCUT2D eigenvalue weighted by atomic mass is 9.94. The number of urea groups is 1. The van der Waals surface area contributed by atoms with Crippen molar-refractivity contribution >= 4 is 17.8 Å². The van der Waals surface area contributed by atoms with Gasteiger partial charge in [-0.25, -0.2) is 4.79 Å². The molecule has 2 fully saturated rings. The molecule has 2 aliphatic rings. The van der Waals surface area contributed by atoms with Crippen molar-refractivity contribution in [1.82, 2.24) is 9.80 Å². The van der Waals surface area contributed by atoms with Crippen molar-refractivity contribution in [3.05, 3.63) is 30.3 Å². The predicted molar refractivity (Wildman–Crippen MR) is 87.4 cm³/mol. The quantitative estimate of drug-likeness (QED) is 0.457. The second kappa shape index (κ2) is 7.47. The molecule has 6 heteroatoms. The number of para-hydroxylation sites is 1. The molecule has 0 atom stereocenters. The van der Waals surface area contributed by atoms with Crippen LogP contribution in [0.5, 0.6) is 5.75 Å². The Labute approximate surface area is 141 Å². The third-order valence-corrected chi connectivity index (χ3v) is 4.56. The average molecular weight is 330 g/mol. The topological polar surface area (TPSA) is 66.9 Å². The van der Waals surface area contributed by atoms with Gasteiger partial charge >= 0.3 is 17.8 Å². The fourth-order valence-electron chi connectivity index (χ4n) is 3.31. The summed E-state index contributed by atoms with van der Waals surface area (Å²) in [6.07, 6.45) is 5.23. The Morgan fingerprint density at radius 1 is 0.958 bits per heavy atom. The molecule has 0 unspecified atom stereocenters. The summed E-state index contributed by atoms with van der Waals surface area (Å²) >= 11 is 0. The summed E-state index contributed by atoms with van der Waals surface area (Å²) in [5, 5.41) is 0. The Kier molecular flexibility index (Phi) is 5.13. The van der Waals surface area contributed by atoms with Crippen molar-refractivity contribution in [1.29, 1.82) is 0 Å². The van der Waals surface area contributed by atoms with Crippen molar-refractivity contribution < 1.29 is 19.1 Å². The molecule has 1 aromatic carbocycles. The van der Waals surface area contributed by atoms with Crippen LogP contribution in [0.25, 0.3) is 0 Å². The molecule has 0 bridgehead atoms. The summed E-state index contributed by atoms with van der Waals surface area (Å²) in [4.78, 5) is 39.0. The molecule has 0 spiro atoms. The number of benzene rings is 1. The lowest BCUT2D eigenvalue weighted by Gasteiger charge is -2.28. The first-order chi connectivity index (χ1) is 11.7. The second-order valence-electron chi connectivity index (χ2n) is 6.22. The molecule has 1 aromatic rings. The minimum absolute atomic E-state index is 0.117. The maximum Gasteiger partial charge on any atom is 0.334 e. The van der Waals surface area contributed by atoms with E-state index in [-0.39, 0.29) is 12.6 Å². The van der Waals surface area contributed by atoms with E-state index in [2.05, 4.69) is 0 Å². The Balaban J connectivity index is 1.53. The van der Waals surface area contributed by atoms with E-state index in [0.29, 0.717) is 13.0 Å². The number of imide groups is 2. The third kappa shape index (κ3) is 3.42. The van der Waals surface area contributed by atoms with Crippen LogP contribution in [0.1, 0.15) is 38.5 Å². The van der Waals surface area contributed by atoms with E-state index in [1.807, 2.05) is 30.3 Å². The molecular weight excluding hydrogens is 308 g/mol. The molecular formula is C18H22N2O4. The molecule has 1 saturated heterocycles. The number of nitrogens with zero attached hydrogens (tertiary/aromatic N) is 2. The van der Waals surface area contributed by atoms with Crippen LogP contribution in [0, 0.1) is 0 Å². The first-order valence-corrected chi connectivity index (χ1v) is 8.55. The Morgan fingerprint density at radius 2 is 1.67 bits per heavy atom. The standard InChI is InChI=1S/C18H22N2O4/c21-16-17(22)20(14-8-3-1-4-9-14)18(23)19(16)12-7-13-24-15-10-5-2-6-11-15/h2,5-6,10-11,14H,1,3-4,7-9,12-13H2. The van der Waals surface area contributed by atoms with Crippen molar-refractivity contribution in [2.45, 2.75) is 44.6 Å². The van der Waals surface area contributed by atoms with E-state index in [9.17, 15) is 14.4 Å². The van der Waals surface area contributed by atoms with Crippen LogP contribution in [0.4, 0.5) is 4.79 Å². The number of hydrogen-bond donors (Lipinski definition) is 0. The van der Waals surface area contributed by atoms with Crippen LogP contribution in [-0.4, -0.2) is 46.8 Å². The molecule has 24 heavy (non-hydrogen) atoms. The van der Waals surface area contributed by atoms with Gasteiger partial charge in [-0.2, -0.15) is 0 Å². The van der Waals surface area contributed by atoms with Gasteiger partial charge in [0.2, 0.25) is 0 Å². The van der Waals surface area contributed by atoms with Crippen LogP contribution < -0.4 is 4.74 Å². The lowest BCUT2D eigenvalue weighted by molar-refractivity contribution is -0.144. The smallest absolute Gasteiger partial charge is 0.334 e. The predicted octanol–water partition coefficient (Wildman–Crippen LogP) is 2.58. The fraction of sp³-hybridized carbons (Fsp3) is 0.500. The van der Waals surface area contributed by atoms with Crippen molar-refractivity contribution in [3.8, 4) is 5.75 Å². The van der Waals surface area contributed by atoms with Crippen LogP contribution >= 0.6 is 0 Å². The van der Waals surface area contributed by atoms with Crippen LogP contribution in [0.2, 0.25) is 0 Å². The number of carbonyl (C=O) groups excluding carboxylic acids is 3. The van der Waals surface area contributed by atoms with Gasteiger partial charge in [0.05, 0.1) is 6.61 Å². The van der Waals surface area contributed by atoms with E-state index < -0.39 is 17.8 Å². The highest BCUT2D eigenvalue weighted by Crippen LogP contribution is 2.26. The zero-order valence-corrected chi connectivity index (χ0v) is 13.6. The van der Waals surface area contributed by atoms with E-state index in [0.717, 1.165) is 42.8 Å². The highest BCUT2D eigenvalue weighted by Gasteiger charge is 2.47. The van der Waals surface area contributed by atoms with Crippen molar-refractivity contribution in [2.24, 2.45) is 0 Å². The highest BCUT2D eigenvalue weighted by molar-refractivity contribution is 6.44. The number of hydrogen-bond acceptors (Lipinski definition) is 4. The maximum atomic E-state index is 12.5. The van der Waals surface area contributed by atoms with Crippen LogP contribution in [0.3, 0.4) is 0 Å². The zero-order chi connectivity index (χ0) is 16.9. The van der Waals surface area contributed by atoms with Gasteiger partial charge in [-0.1, -0.05) is 37.5 Å². The summed E-state index contributed by atoms with van der Waals surface area (Å²) in [5.74, 6) is -0.627. The molecule has 4 amide bonds. The summed E-state index contributed by atoms with van der Waals surface area (Å²) in [6, 6.07) is 8.78. The number of ether oxygens (including phenoxy) is 1. The van der Waals surface area contributed by atoms with Crippen molar-refractivity contribution in [3.63, 3.8) is 0 Å². The fourth-order valence-corrected chi connectivity index (χ4v) is 3.31. The van der Waals surface area contributed by atoms with E-state index in [1.54, 1.807) is 0 Å². The lowest BCUT2D eigenvalue weighted by Crippen LogP contribution is -2.42. The SMILES string of the molecule is O=C1C(=O)N(C2CCCCC2)C(=O)N1CCCOc1ccccc1. The van der Waals surface area contributed by atoms with Gasteiger partial charge < -0.3 is 4.74 Å². The normalized spacial score (nSPS) is 19.2. The van der Waals surface area contributed by atoms with Gasteiger partial charge in [-0.3, -0.25) is 19.4 Å². The minimum Gasteiger partial charge on any atom is -0.494 e. The molecule has 3 rings (SSSR count). The maximum absolute atomic E-state index is 12.5. The van der Waals surface area contributed by atoms with Gasteiger partial charge in [0.25, 0.3) is 0 Å². The van der Waals surface area contributed by atoms with E-state index in [1.165, 1.54) is 4.90 Å². The largest absolute Gasteiger partial charge is 0.494 e. The van der Waals surface area contributed by atoms with Crippen molar-refractivity contribution in [2.75, 3.05) is 13.2 Å². The van der Waals surface area contributed by atoms with Gasteiger partial charge in [0, 0.05) is 12.6 Å². The van der Waals surface area contributed by atoms with Gasteiger partial charge in [-0.05, 0) is 31.4 Å². The van der Waals surface area contributed by atoms with Gasteiger partial charge in [0.1, 0.15) is 5.75 Å². The third-order valence-electron chi connectivity index (χ3n) is 4.56. The Hall–Kier alpha value is -2.37. The number of rotatable bonds is 6. The number of carbonyl (C=O) groups is 3. The Bertz CT molecular complexity index is 611. The zero-order valence-electron chi connectivity index (χ0n) is 13.6. The highest BCUT2D eigenvalue weighted by atomic mass is 16.5. The summed E-state index contributed by atoms with van der Waals surface area (Å²) in [6.45, 7) is 0.595. The van der Waals surface area contributed by atoms with Crippen LogP contribution in [0.15, 0.2) is 30.3 Å². The molecule has 0 radical (unpaired) electrons. The van der Waals surface area contributed by atoms with Crippen LogP contribution in [-0.2, 0) is 9.59 Å². The second-order valence-corrected chi connectivity index (χ2v) is 6.22. The number of amides is 4. The van der Waals surface area contributed by atoms with E-state index >= 15 is 0 Å². The first-order valence-electron chi connectivity index (χ1n) is 8.55. The van der Waals surface area contributed by atoms with E-state index in [4.69, 9.17) is 4.74 Å². The molecule has 0 N–H and O–H groups in total. The van der Waals surface area contributed by atoms with Gasteiger partial charge in [-0.15, -0.1) is 0 Å². The summed E-state index contributed by atoms with van der Waals surface area (Å²) < 4.78 is 5.56.